The van der Waals surface area contributed by atoms with Gasteiger partial charge in [0, 0.05) is 43.0 Å². The second-order valence-corrected chi connectivity index (χ2v) is 7.23. The van der Waals surface area contributed by atoms with E-state index >= 15 is 0 Å². The van der Waals surface area contributed by atoms with Gasteiger partial charge < -0.3 is 9.80 Å². The second kappa shape index (κ2) is 9.82. The summed E-state index contributed by atoms with van der Waals surface area (Å²) < 4.78 is 0. The van der Waals surface area contributed by atoms with Gasteiger partial charge in [-0.3, -0.25) is 0 Å². The summed E-state index contributed by atoms with van der Waals surface area (Å²) in [5, 5.41) is 0. The van der Waals surface area contributed by atoms with E-state index in [-0.39, 0.29) is 5.41 Å². The lowest BCUT2D eigenvalue weighted by atomic mass is 9.70. The molecule has 0 radical (unpaired) electrons. The Morgan fingerprint density at radius 3 is 1.04 bits per heavy atom. The highest BCUT2D eigenvalue weighted by Crippen LogP contribution is 2.40. The molecule has 0 aliphatic carbocycles. The third-order valence-electron chi connectivity index (χ3n) is 6.30. The molecular formula is C25H38N2. The smallest absolute Gasteiger partial charge is 0.0366 e. The van der Waals surface area contributed by atoms with E-state index in [1.54, 1.807) is 0 Å². The van der Waals surface area contributed by atoms with Crippen LogP contribution in [0.3, 0.4) is 0 Å². The summed E-state index contributed by atoms with van der Waals surface area (Å²) in [6.07, 6.45) is 2.22. The number of benzene rings is 2. The van der Waals surface area contributed by atoms with Crippen molar-refractivity contribution < 1.29 is 0 Å². The topological polar surface area (TPSA) is 6.48 Å². The summed E-state index contributed by atoms with van der Waals surface area (Å²) in [4.78, 5) is 4.81. The van der Waals surface area contributed by atoms with Crippen molar-refractivity contribution in [2.45, 2.75) is 59.8 Å². The maximum absolute atomic E-state index is 2.40. The number of rotatable bonds is 10. The number of anilines is 2. The number of hydrogen-bond acceptors (Lipinski definition) is 2. The van der Waals surface area contributed by atoms with E-state index in [2.05, 4.69) is 99.9 Å². The largest absolute Gasteiger partial charge is 0.372 e. The van der Waals surface area contributed by atoms with E-state index in [9.17, 15) is 0 Å². The van der Waals surface area contributed by atoms with Crippen molar-refractivity contribution in [2.75, 3.05) is 36.0 Å². The fourth-order valence-corrected chi connectivity index (χ4v) is 4.39. The Balaban J connectivity index is 2.39. The molecule has 0 heterocycles. The highest BCUT2D eigenvalue weighted by molar-refractivity contribution is 5.53. The maximum atomic E-state index is 2.40. The van der Waals surface area contributed by atoms with Crippen LogP contribution in [0.1, 0.15) is 65.5 Å². The Morgan fingerprint density at radius 1 is 0.519 bits per heavy atom. The van der Waals surface area contributed by atoms with Crippen molar-refractivity contribution in [1.29, 1.82) is 0 Å². The molecule has 0 atom stereocenters. The Labute approximate surface area is 167 Å². The molecule has 0 bridgehead atoms. The van der Waals surface area contributed by atoms with Gasteiger partial charge in [-0.15, -0.1) is 0 Å². The predicted octanol–water partition coefficient (Wildman–Crippen LogP) is 6.49. The van der Waals surface area contributed by atoms with Crippen LogP contribution in [0, 0.1) is 0 Å². The van der Waals surface area contributed by atoms with Crippen LogP contribution >= 0.6 is 0 Å². The van der Waals surface area contributed by atoms with E-state index in [0.29, 0.717) is 0 Å². The lowest BCUT2D eigenvalue weighted by Crippen LogP contribution is -2.27. The fourth-order valence-electron chi connectivity index (χ4n) is 4.39. The van der Waals surface area contributed by atoms with E-state index in [1.807, 2.05) is 0 Å². The summed E-state index contributed by atoms with van der Waals surface area (Å²) in [6.45, 7) is 17.7. The van der Waals surface area contributed by atoms with E-state index in [0.717, 1.165) is 39.0 Å². The van der Waals surface area contributed by atoms with Gasteiger partial charge in [-0.1, -0.05) is 38.1 Å². The molecule has 0 unspecified atom stereocenters. The quantitative estimate of drug-likeness (QED) is 0.474. The number of nitrogens with zero attached hydrogens (tertiary/aromatic N) is 2. The molecule has 0 aliphatic heterocycles. The van der Waals surface area contributed by atoms with Crippen molar-refractivity contribution in [3.8, 4) is 0 Å². The van der Waals surface area contributed by atoms with Gasteiger partial charge in [-0.05, 0) is 75.9 Å². The van der Waals surface area contributed by atoms with Crippen molar-refractivity contribution in [3.05, 3.63) is 59.7 Å². The first-order chi connectivity index (χ1) is 13.1. The average molecular weight is 367 g/mol. The summed E-state index contributed by atoms with van der Waals surface area (Å²) in [6, 6.07) is 18.6. The minimum atomic E-state index is 0.0869. The molecule has 27 heavy (non-hydrogen) atoms. The summed E-state index contributed by atoms with van der Waals surface area (Å²) in [7, 11) is 0. The van der Waals surface area contributed by atoms with E-state index in [1.165, 1.54) is 22.5 Å². The molecule has 0 amide bonds. The lowest BCUT2D eigenvalue weighted by Gasteiger charge is -2.34. The van der Waals surface area contributed by atoms with Crippen LogP contribution in [-0.4, -0.2) is 26.2 Å². The zero-order chi connectivity index (χ0) is 19.9. The van der Waals surface area contributed by atoms with Crippen molar-refractivity contribution in [1.82, 2.24) is 0 Å². The minimum Gasteiger partial charge on any atom is -0.372 e. The van der Waals surface area contributed by atoms with Gasteiger partial charge in [0.1, 0.15) is 0 Å². The highest BCUT2D eigenvalue weighted by atomic mass is 15.1. The molecule has 0 aromatic heterocycles. The van der Waals surface area contributed by atoms with Crippen LogP contribution in [0.5, 0.6) is 0 Å². The predicted molar refractivity (Wildman–Crippen MR) is 121 cm³/mol. The molecule has 2 aromatic rings. The molecule has 2 aromatic carbocycles. The van der Waals surface area contributed by atoms with Gasteiger partial charge in [0.25, 0.3) is 0 Å². The molecule has 0 saturated carbocycles. The van der Waals surface area contributed by atoms with Gasteiger partial charge in [-0.25, -0.2) is 0 Å². The molecule has 148 valence electrons. The first-order valence-electron chi connectivity index (χ1n) is 10.8. The lowest BCUT2D eigenvalue weighted by molar-refractivity contribution is 0.478. The molecule has 2 rings (SSSR count). The monoisotopic (exact) mass is 366 g/mol. The van der Waals surface area contributed by atoms with Crippen LogP contribution in [0.15, 0.2) is 48.5 Å². The highest BCUT2D eigenvalue weighted by Gasteiger charge is 2.30. The van der Waals surface area contributed by atoms with Gasteiger partial charge in [0.05, 0.1) is 0 Å². The second-order valence-electron chi connectivity index (χ2n) is 7.23. The molecule has 0 fully saturated rings. The van der Waals surface area contributed by atoms with Crippen molar-refractivity contribution >= 4 is 11.4 Å². The van der Waals surface area contributed by atoms with Gasteiger partial charge in [-0.2, -0.15) is 0 Å². The first-order valence-corrected chi connectivity index (χ1v) is 10.8. The molecule has 0 N–H and O–H groups in total. The number of hydrogen-bond donors (Lipinski definition) is 0. The third kappa shape index (κ3) is 4.31. The van der Waals surface area contributed by atoms with Gasteiger partial charge in [0.2, 0.25) is 0 Å². The van der Waals surface area contributed by atoms with E-state index < -0.39 is 0 Å². The molecule has 0 spiro atoms. The minimum absolute atomic E-state index is 0.0869. The Kier molecular flexibility index (Phi) is 7.77. The van der Waals surface area contributed by atoms with Crippen molar-refractivity contribution in [2.24, 2.45) is 0 Å². The van der Waals surface area contributed by atoms with Gasteiger partial charge >= 0.3 is 0 Å². The van der Waals surface area contributed by atoms with Crippen molar-refractivity contribution in [3.63, 3.8) is 0 Å². The SMILES string of the molecule is CCN(CC)c1ccc(C(CC)(CC)c2ccc(N(CC)CC)cc2)cc1. The Morgan fingerprint density at radius 2 is 0.815 bits per heavy atom. The standard InChI is InChI=1S/C25H38N2/c1-7-25(8-2,21-13-17-23(18-14-21)26(9-3)10-4)22-15-19-24(20-16-22)27(11-5)12-6/h13-20H,7-12H2,1-6H3. The molecular weight excluding hydrogens is 328 g/mol. The Hall–Kier alpha value is -1.96. The van der Waals surface area contributed by atoms with Crippen LogP contribution < -0.4 is 9.80 Å². The summed E-state index contributed by atoms with van der Waals surface area (Å²) in [5.41, 5.74) is 5.59. The molecule has 0 saturated heterocycles. The van der Waals surface area contributed by atoms with Crippen LogP contribution in [0.4, 0.5) is 11.4 Å². The zero-order valence-electron chi connectivity index (χ0n) is 18.3. The molecule has 2 nitrogen and oxygen atoms in total. The Bertz CT molecular complexity index is 603. The maximum Gasteiger partial charge on any atom is 0.0366 e. The van der Waals surface area contributed by atoms with E-state index in [4.69, 9.17) is 0 Å². The average Bonchev–Trinajstić information content (AvgIpc) is 2.73. The molecule has 2 heteroatoms. The zero-order valence-corrected chi connectivity index (χ0v) is 18.3. The fraction of sp³-hybridized carbons (Fsp3) is 0.520. The van der Waals surface area contributed by atoms with Crippen LogP contribution in [-0.2, 0) is 5.41 Å². The van der Waals surface area contributed by atoms with Crippen LogP contribution in [0.25, 0.3) is 0 Å². The molecule has 0 aliphatic rings. The normalized spacial score (nSPS) is 11.5. The first kappa shape index (κ1) is 21.3. The summed E-state index contributed by atoms with van der Waals surface area (Å²) in [5.74, 6) is 0. The van der Waals surface area contributed by atoms with Crippen LogP contribution in [0.2, 0.25) is 0 Å². The van der Waals surface area contributed by atoms with Gasteiger partial charge in [0.15, 0.2) is 0 Å². The third-order valence-corrected chi connectivity index (χ3v) is 6.30. The summed E-state index contributed by atoms with van der Waals surface area (Å²) >= 11 is 0.